The van der Waals surface area contributed by atoms with E-state index >= 15 is 0 Å². The summed E-state index contributed by atoms with van der Waals surface area (Å²) >= 11 is 0. The van der Waals surface area contributed by atoms with Crippen molar-refractivity contribution in [3.05, 3.63) is 0 Å². The van der Waals surface area contributed by atoms with Crippen LogP contribution in [0, 0.1) is 0 Å². The maximum absolute atomic E-state index is 10.5. The maximum atomic E-state index is 10.5. The van der Waals surface area contributed by atoms with Gasteiger partial charge in [-0.05, 0) is 6.42 Å². The van der Waals surface area contributed by atoms with Crippen LogP contribution in [0.2, 0.25) is 0 Å². The summed E-state index contributed by atoms with van der Waals surface area (Å²) in [7, 11) is -3.91. The van der Waals surface area contributed by atoms with Crippen LogP contribution in [0.25, 0.3) is 0 Å². The Hall–Kier alpha value is -0.290. The summed E-state index contributed by atoms with van der Waals surface area (Å²) in [6.45, 7) is 2.86. The van der Waals surface area contributed by atoms with Gasteiger partial charge in [0.1, 0.15) is 6.23 Å². The number of hydrogen-bond donors (Lipinski definition) is 3. The first kappa shape index (κ1) is 17.7. The predicted octanol–water partition coefficient (Wildman–Crippen LogP) is -2.63. The van der Waals surface area contributed by atoms with E-state index < -0.39 is 16.3 Å². The van der Waals surface area contributed by atoms with E-state index in [0.29, 0.717) is 32.6 Å². The zero-order valence-electron chi connectivity index (χ0n) is 10.2. The smallest absolute Gasteiger partial charge is 0.264 e. The third-order valence-electron chi connectivity index (χ3n) is 2.81. The van der Waals surface area contributed by atoms with E-state index in [1.807, 2.05) is 4.90 Å². The van der Waals surface area contributed by atoms with Crippen LogP contribution in [0.5, 0.6) is 0 Å². The lowest BCUT2D eigenvalue weighted by molar-refractivity contribution is -0.0578. The molecule has 1 aliphatic heterocycles. The molecule has 1 unspecified atom stereocenters. The largest absolute Gasteiger partial charge is 0.412 e. The Morgan fingerprint density at radius 3 is 2.39 bits per heavy atom. The first-order valence-electron chi connectivity index (χ1n) is 5.63. The molecule has 0 amide bonds. The molecule has 1 saturated heterocycles. The fraction of sp³-hybridized carbons (Fsp3) is 1.00. The number of β-amino-alcohol motifs (C(OH)–C–C–N with tert-alkyl or cyclic N) is 2. The van der Waals surface area contributed by atoms with Crippen LogP contribution in [-0.4, -0.2) is 89.8 Å². The molecule has 0 aliphatic carbocycles. The van der Waals surface area contributed by atoms with E-state index in [4.69, 9.17) is 9.66 Å². The molecule has 1 atom stereocenters. The molecule has 0 bridgehead atoms. The molecule has 5 N–H and O–H groups in total. The van der Waals surface area contributed by atoms with Crippen LogP contribution >= 0.6 is 0 Å². The Kier molecular flexibility index (Phi) is 7.87. The van der Waals surface area contributed by atoms with Crippen LogP contribution in [0.3, 0.4) is 0 Å². The minimum absolute atomic E-state index is 0. The van der Waals surface area contributed by atoms with Crippen molar-refractivity contribution in [1.29, 1.82) is 0 Å². The van der Waals surface area contributed by atoms with E-state index in [1.165, 1.54) is 0 Å². The van der Waals surface area contributed by atoms with Crippen molar-refractivity contribution in [3.8, 4) is 0 Å². The average molecular weight is 286 g/mol. The number of hydrogen-bond acceptors (Lipinski definition) is 6. The summed E-state index contributed by atoms with van der Waals surface area (Å²) in [5.74, 6) is -0.281. The van der Waals surface area contributed by atoms with Gasteiger partial charge in [-0.3, -0.25) is 14.4 Å². The monoisotopic (exact) mass is 286 g/mol. The summed E-state index contributed by atoms with van der Waals surface area (Å²) in [6.07, 6.45) is -0.340. The van der Waals surface area contributed by atoms with Gasteiger partial charge in [0, 0.05) is 32.7 Å². The Bertz CT molecular complexity index is 323. The molecule has 1 rings (SSSR count). The fourth-order valence-electron chi connectivity index (χ4n) is 1.91. The molecule has 1 heterocycles. The van der Waals surface area contributed by atoms with Gasteiger partial charge < -0.3 is 15.7 Å². The summed E-state index contributed by atoms with van der Waals surface area (Å²) in [5.41, 5.74) is 0. The van der Waals surface area contributed by atoms with Gasteiger partial charge >= 0.3 is 0 Å². The molecule has 18 heavy (non-hydrogen) atoms. The summed E-state index contributed by atoms with van der Waals surface area (Å²) < 4.78 is 29.6. The van der Waals surface area contributed by atoms with Crippen LogP contribution in [0.4, 0.5) is 0 Å². The van der Waals surface area contributed by atoms with Crippen molar-refractivity contribution in [3.63, 3.8) is 0 Å². The van der Waals surface area contributed by atoms with Gasteiger partial charge in [0.15, 0.2) is 0 Å². The van der Waals surface area contributed by atoms with Gasteiger partial charge in [-0.15, -0.1) is 0 Å². The van der Waals surface area contributed by atoms with Gasteiger partial charge in [-0.2, -0.15) is 8.42 Å². The Morgan fingerprint density at radius 2 is 1.89 bits per heavy atom. The van der Waals surface area contributed by atoms with Crippen molar-refractivity contribution < 1.29 is 28.7 Å². The van der Waals surface area contributed by atoms with Crippen LogP contribution in [0.1, 0.15) is 6.42 Å². The minimum atomic E-state index is -3.91. The van der Waals surface area contributed by atoms with Crippen molar-refractivity contribution in [2.45, 2.75) is 12.6 Å². The second kappa shape index (κ2) is 8.00. The number of piperazine rings is 1. The molecular formula is C9H22N2O6S. The van der Waals surface area contributed by atoms with Crippen molar-refractivity contribution in [1.82, 2.24) is 9.80 Å². The van der Waals surface area contributed by atoms with Gasteiger partial charge in [0.2, 0.25) is 0 Å². The van der Waals surface area contributed by atoms with Gasteiger partial charge in [0.25, 0.3) is 10.1 Å². The molecule has 0 aromatic rings. The minimum Gasteiger partial charge on any atom is -0.412 e. The Balaban J connectivity index is 0.00000289. The molecule has 1 aliphatic rings. The van der Waals surface area contributed by atoms with Gasteiger partial charge in [0.05, 0.1) is 12.4 Å². The molecule has 9 heteroatoms. The van der Waals surface area contributed by atoms with Gasteiger partial charge in [-0.25, -0.2) is 0 Å². The lowest BCUT2D eigenvalue weighted by Gasteiger charge is -2.38. The third kappa shape index (κ3) is 6.59. The highest BCUT2D eigenvalue weighted by molar-refractivity contribution is 7.85. The molecule has 0 saturated carbocycles. The third-order valence-corrected chi connectivity index (χ3v) is 3.61. The number of aliphatic hydroxyl groups excluding tert-OH is 2. The molecule has 1 fully saturated rings. The molecule has 0 spiro atoms. The number of nitrogens with zero attached hydrogens (tertiary/aromatic N) is 2. The highest BCUT2D eigenvalue weighted by atomic mass is 32.2. The van der Waals surface area contributed by atoms with Gasteiger partial charge in [-0.1, -0.05) is 0 Å². The first-order valence-corrected chi connectivity index (χ1v) is 7.24. The number of rotatable bonds is 6. The van der Waals surface area contributed by atoms with E-state index in [0.717, 1.165) is 6.54 Å². The molecule has 0 radical (unpaired) electrons. The Morgan fingerprint density at radius 1 is 1.22 bits per heavy atom. The lowest BCUT2D eigenvalue weighted by Crippen LogP contribution is -2.53. The van der Waals surface area contributed by atoms with E-state index in [-0.39, 0.29) is 17.8 Å². The topological polar surface area (TPSA) is 133 Å². The summed E-state index contributed by atoms with van der Waals surface area (Å²) in [6, 6.07) is 0. The van der Waals surface area contributed by atoms with E-state index in [1.54, 1.807) is 4.90 Å². The number of aliphatic hydroxyl groups is 2. The SMILES string of the molecule is O.O=S(=O)(O)CCCN1CCN(CCO)CC1O. The first-order chi connectivity index (χ1) is 7.92. The normalized spacial score (nSPS) is 22.7. The quantitative estimate of drug-likeness (QED) is 0.455. The second-order valence-electron chi connectivity index (χ2n) is 4.18. The summed E-state index contributed by atoms with van der Waals surface area (Å²) in [5, 5.41) is 18.6. The van der Waals surface area contributed by atoms with Crippen molar-refractivity contribution >= 4 is 10.1 Å². The zero-order chi connectivity index (χ0) is 12.9. The average Bonchev–Trinajstić information content (AvgIpc) is 2.20. The predicted molar refractivity (Wildman–Crippen MR) is 65.8 cm³/mol. The molecule has 8 nitrogen and oxygen atoms in total. The van der Waals surface area contributed by atoms with Crippen LogP contribution in [0.15, 0.2) is 0 Å². The molecule has 0 aromatic carbocycles. The highest BCUT2D eigenvalue weighted by Crippen LogP contribution is 2.08. The lowest BCUT2D eigenvalue weighted by atomic mass is 10.2. The highest BCUT2D eigenvalue weighted by Gasteiger charge is 2.24. The van der Waals surface area contributed by atoms with Crippen LogP contribution in [-0.2, 0) is 10.1 Å². The van der Waals surface area contributed by atoms with E-state index in [2.05, 4.69) is 0 Å². The molecule has 0 aromatic heterocycles. The summed E-state index contributed by atoms with van der Waals surface area (Å²) in [4.78, 5) is 3.73. The van der Waals surface area contributed by atoms with Crippen LogP contribution < -0.4 is 0 Å². The molecular weight excluding hydrogens is 264 g/mol. The standard InChI is InChI=1S/C9H20N2O5S.H2O/c12-6-5-10-3-4-11(9(13)8-10)2-1-7-17(14,15)16;/h9,12-13H,1-8H2,(H,14,15,16);1H2. The fourth-order valence-corrected chi connectivity index (χ4v) is 2.41. The van der Waals surface area contributed by atoms with Crippen molar-refractivity contribution in [2.24, 2.45) is 0 Å². The van der Waals surface area contributed by atoms with E-state index in [9.17, 15) is 13.5 Å². The molecule has 110 valence electrons. The second-order valence-corrected chi connectivity index (χ2v) is 5.75. The zero-order valence-corrected chi connectivity index (χ0v) is 11.0. The van der Waals surface area contributed by atoms with Crippen molar-refractivity contribution in [2.75, 3.05) is 45.1 Å². The Labute approximate surface area is 107 Å². The maximum Gasteiger partial charge on any atom is 0.264 e.